The largest absolute Gasteiger partial charge is 0.511 e. The van der Waals surface area contributed by atoms with Crippen molar-refractivity contribution >= 4 is 83.8 Å². The van der Waals surface area contributed by atoms with Crippen LogP contribution in [-0.2, 0) is 14.8 Å². The minimum atomic E-state index is -5.42. The van der Waals surface area contributed by atoms with E-state index in [4.69, 9.17) is 4.74 Å². The second-order valence-corrected chi connectivity index (χ2v) is 12.6. The van der Waals surface area contributed by atoms with Crippen molar-refractivity contribution in [3.8, 4) is 0 Å². The molecule has 162 valence electrons. The van der Waals surface area contributed by atoms with Crippen LogP contribution < -0.4 is 4.72 Å². The molecule has 2 saturated carbocycles. The predicted molar refractivity (Wildman–Crippen MR) is 126 cm³/mol. The lowest BCUT2D eigenvalue weighted by atomic mass is 9.81. The van der Waals surface area contributed by atoms with Gasteiger partial charge in [0.1, 0.15) is 5.60 Å². The predicted octanol–water partition coefficient (Wildman–Crippen LogP) is 5.05. The van der Waals surface area contributed by atoms with E-state index >= 15 is 0 Å². The van der Waals surface area contributed by atoms with Crippen LogP contribution in [0.25, 0.3) is 0 Å². The number of hydrogen-bond donors (Lipinski definition) is 1. The first-order chi connectivity index (χ1) is 13.3. The normalized spacial score (nSPS) is 26.7. The molecule has 5 nitrogen and oxygen atoms in total. The van der Waals surface area contributed by atoms with Gasteiger partial charge in [0, 0.05) is 23.7 Å². The first kappa shape index (κ1) is 24.2. The Hall–Kier alpha value is 0.580. The second-order valence-electron chi connectivity index (χ2n) is 7.38. The third-order valence-corrected chi connectivity index (χ3v) is 10.4. The highest BCUT2D eigenvalue weighted by atomic mass is 127. The van der Waals surface area contributed by atoms with Crippen molar-refractivity contribution in [2.24, 2.45) is 11.8 Å². The zero-order valence-electron chi connectivity index (χ0n) is 14.9. The Balaban J connectivity index is 1.79. The Kier molecular flexibility index (Phi) is 7.39. The second kappa shape index (κ2) is 8.84. The topological polar surface area (TPSA) is 72.5 Å². The molecule has 12 heteroatoms. The highest BCUT2D eigenvalue weighted by Crippen LogP contribution is 2.54. The zero-order chi connectivity index (χ0) is 21.6. The number of rotatable bonds is 6. The maximum atomic E-state index is 13.0. The van der Waals surface area contributed by atoms with E-state index in [1.807, 2.05) is 6.07 Å². The average molecular weight is 769 g/mol. The van der Waals surface area contributed by atoms with E-state index in [0.717, 1.165) is 30.0 Å². The van der Waals surface area contributed by atoms with E-state index in [1.54, 1.807) is 10.8 Å². The number of carbonyl (C=O) groups is 1. The van der Waals surface area contributed by atoms with Crippen LogP contribution >= 0.6 is 67.8 Å². The summed E-state index contributed by atoms with van der Waals surface area (Å²) < 4.78 is 70.5. The molecule has 1 aromatic carbocycles. The lowest BCUT2D eigenvalue weighted by molar-refractivity contribution is -0.0544. The lowest BCUT2D eigenvalue weighted by Gasteiger charge is -2.37. The molecule has 3 rings (SSSR count). The molecule has 2 aliphatic rings. The molecular weight excluding hydrogens is 752 g/mol. The third kappa shape index (κ3) is 5.16. The summed E-state index contributed by atoms with van der Waals surface area (Å²) >= 11 is 6.31. The van der Waals surface area contributed by atoms with E-state index in [1.165, 1.54) is 0 Å². The summed E-state index contributed by atoms with van der Waals surface area (Å²) in [5.74, 6) is -0.134. The number of ether oxygens (including phenoxy) is 1. The molecule has 0 spiro atoms. The fourth-order valence-corrected chi connectivity index (χ4v) is 7.21. The number of carbonyl (C=O) groups excluding carboxylic acids is 1. The Bertz CT molecular complexity index is 925. The lowest BCUT2D eigenvalue weighted by Crippen LogP contribution is -2.45. The van der Waals surface area contributed by atoms with E-state index in [0.29, 0.717) is 17.9 Å². The minimum absolute atomic E-state index is 0.0206. The fraction of sp³-hybridized carbons (Fsp3) is 0.588. The van der Waals surface area contributed by atoms with Gasteiger partial charge in [-0.15, -0.1) is 0 Å². The third-order valence-electron chi connectivity index (χ3n) is 5.57. The molecule has 3 atom stereocenters. The van der Waals surface area contributed by atoms with Gasteiger partial charge in [-0.2, -0.15) is 13.2 Å². The summed E-state index contributed by atoms with van der Waals surface area (Å²) in [6, 6.07) is 3.65. The van der Waals surface area contributed by atoms with Crippen molar-refractivity contribution in [2.45, 2.75) is 43.2 Å². The number of benzene rings is 1. The smallest absolute Gasteiger partial charge is 0.455 e. The van der Waals surface area contributed by atoms with Crippen molar-refractivity contribution in [1.82, 2.24) is 4.72 Å². The molecule has 1 aromatic rings. The van der Waals surface area contributed by atoms with Gasteiger partial charge in [0.25, 0.3) is 0 Å². The quantitative estimate of drug-likeness (QED) is 0.250. The van der Waals surface area contributed by atoms with Crippen LogP contribution in [0, 0.1) is 22.5 Å². The minimum Gasteiger partial charge on any atom is -0.455 e. The molecule has 0 amide bonds. The van der Waals surface area contributed by atoms with E-state index in [-0.39, 0.29) is 12.3 Å². The van der Waals surface area contributed by atoms with Gasteiger partial charge in [-0.05, 0) is 117 Å². The summed E-state index contributed by atoms with van der Waals surface area (Å²) in [4.78, 5) is 13.0. The van der Waals surface area contributed by atoms with Crippen LogP contribution in [0.5, 0.6) is 0 Å². The van der Waals surface area contributed by atoms with E-state index in [2.05, 4.69) is 67.8 Å². The molecule has 2 fully saturated rings. The number of nitrogens with one attached hydrogen (secondary N) is 1. The standard InChI is InChI=1S/C17H17F3I3NO4S/c18-17(19,20)29(26,27)24-4-3-16(8-9-1-2-10(16)5-9)28-15(25)12-6-11(21)7-13(22)14(12)23/h6-7,9-10,24H,1-5,8H2. The van der Waals surface area contributed by atoms with Crippen LogP contribution in [-0.4, -0.2) is 32.0 Å². The van der Waals surface area contributed by atoms with Gasteiger partial charge >= 0.3 is 21.5 Å². The van der Waals surface area contributed by atoms with Gasteiger partial charge in [-0.25, -0.2) is 17.9 Å². The van der Waals surface area contributed by atoms with Crippen LogP contribution in [0.3, 0.4) is 0 Å². The molecule has 0 aromatic heterocycles. The van der Waals surface area contributed by atoms with Crippen LogP contribution in [0.2, 0.25) is 0 Å². The summed E-state index contributed by atoms with van der Waals surface area (Å²) in [6.45, 7) is -0.431. The molecule has 3 unspecified atom stereocenters. The SMILES string of the molecule is O=C(OC1(CCNS(=O)(=O)C(F)(F)F)CC2CCC1C2)c1cc(I)cc(I)c1I. The van der Waals surface area contributed by atoms with Crippen LogP contribution in [0.1, 0.15) is 42.5 Å². The molecule has 0 heterocycles. The fourth-order valence-electron chi connectivity index (χ4n) is 4.30. The van der Waals surface area contributed by atoms with Gasteiger partial charge in [0.2, 0.25) is 0 Å². The van der Waals surface area contributed by atoms with E-state index in [9.17, 15) is 26.4 Å². The Morgan fingerprint density at radius 1 is 1.24 bits per heavy atom. The van der Waals surface area contributed by atoms with Gasteiger partial charge < -0.3 is 4.74 Å². The Labute approximate surface area is 207 Å². The first-order valence-electron chi connectivity index (χ1n) is 8.78. The zero-order valence-corrected chi connectivity index (χ0v) is 22.2. The maximum Gasteiger partial charge on any atom is 0.511 e. The molecule has 0 radical (unpaired) electrons. The summed E-state index contributed by atoms with van der Waals surface area (Å²) in [7, 11) is -5.42. The molecule has 0 saturated heterocycles. The molecule has 29 heavy (non-hydrogen) atoms. The number of hydrogen-bond acceptors (Lipinski definition) is 4. The van der Waals surface area contributed by atoms with Crippen molar-refractivity contribution in [3.05, 3.63) is 28.4 Å². The molecule has 1 N–H and O–H groups in total. The van der Waals surface area contributed by atoms with Crippen LogP contribution in [0.15, 0.2) is 12.1 Å². The first-order valence-corrected chi connectivity index (χ1v) is 13.5. The molecular formula is C17H17F3I3NO4S. The highest BCUT2D eigenvalue weighted by Gasteiger charge is 2.54. The number of alkyl halides is 3. The average Bonchev–Trinajstić information content (AvgIpc) is 3.18. The number of fused-ring (bicyclic) bond motifs is 2. The number of sulfonamides is 1. The highest BCUT2D eigenvalue weighted by molar-refractivity contribution is 14.1. The Morgan fingerprint density at radius 2 is 1.93 bits per heavy atom. The maximum absolute atomic E-state index is 13.0. The summed E-state index contributed by atoms with van der Waals surface area (Å²) in [5, 5.41) is 0. The van der Waals surface area contributed by atoms with Gasteiger partial charge in [-0.1, -0.05) is 0 Å². The molecule has 2 aliphatic carbocycles. The van der Waals surface area contributed by atoms with Gasteiger partial charge in [0.15, 0.2) is 0 Å². The van der Waals surface area contributed by atoms with Crippen molar-refractivity contribution in [1.29, 1.82) is 0 Å². The summed E-state index contributed by atoms with van der Waals surface area (Å²) in [6.07, 6.45) is 3.24. The van der Waals surface area contributed by atoms with Gasteiger partial charge in [-0.3, -0.25) is 0 Å². The molecule has 2 bridgehead atoms. The van der Waals surface area contributed by atoms with Crippen molar-refractivity contribution in [2.75, 3.05) is 6.54 Å². The summed E-state index contributed by atoms with van der Waals surface area (Å²) in [5.41, 5.74) is -5.89. The van der Waals surface area contributed by atoms with Crippen LogP contribution in [0.4, 0.5) is 13.2 Å². The number of halogens is 6. The monoisotopic (exact) mass is 769 g/mol. The van der Waals surface area contributed by atoms with Crippen molar-refractivity contribution in [3.63, 3.8) is 0 Å². The number of esters is 1. The van der Waals surface area contributed by atoms with E-state index < -0.39 is 33.6 Å². The Morgan fingerprint density at radius 3 is 2.48 bits per heavy atom. The van der Waals surface area contributed by atoms with Gasteiger partial charge in [0.05, 0.1) is 5.56 Å². The van der Waals surface area contributed by atoms with Crippen molar-refractivity contribution < 1.29 is 31.1 Å². The molecule has 0 aliphatic heterocycles.